The summed E-state index contributed by atoms with van der Waals surface area (Å²) in [5.74, 6) is -0.733. The van der Waals surface area contributed by atoms with Crippen LogP contribution in [0.5, 0.6) is 0 Å². The van der Waals surface area contributed by atoms with E-state index in [0.717, 1.165) is 22.3 Å². The lowest BCUT2D eigenvalue weighted by Crippen LogP contribution is -2.24. The van der Waals surface area contributed by atoms with Crippen LogP contribution in [0.25, 0.3) is 16.6 Å². The number of benzene rings is 1. The van der Waals surface area contributed by atoms with E-state index in [4.69, 9.17) is 11.5 Å². The Balaban J connectivity index is 2.11. The Kier molecular flexibility index (Phi) is 3.61. The number of carbonyl (C=O) groups excluding carboxylic acids is 1. The van der Waals surface area contributed by atoms with Crippen LogP contribution < -0.4 is 11.5 Å². The first-order valence-corrected chi connectivity index (χ1v) is 7.27. The first-order valence-electron chi connectivity index (χ1n) is 7.27. The number of hydrogen-bond acceptors (Lipinski definition) is 2. The molecule has 0 radical (unpaired) electrons. The van der Waals surface area contributed by atoms with Crippen LogP contribution >= 0.6 is 0 Å². The van der Waals surface area contributed by atoms with E-state index in [1.165, 1.54) is 6.20 Å². The monoisotopic (exact) mass is 310 g/mol. The lowest BCUT2D eigenvalue weighted by Gasteiger charge is -2.08. The summed E-state index contributed by atoms with van der Waals surface area (Å²) < 4.78 is 3.79. The second kappa shape index (κ2) is 5.60. The molecule has 0 saturated carbocycles. The number of nitrogens with zero attached hydrogens (tertiary/aromatic N) is 4. The molecule has 0 bridgehead atoms. The predicted molar refractivity (Wildman–Crippen MR) is 89.6 cm³/mol. The Hall–Kier alpha value is -3.09. The number of guanidine groups is 1. The molecule has 23 heavy (non-hydrogen) atoms. The van der Waals surface area contributed by atoms with E-state index in [1.807, 2.05) is 42.9 Å². The highest BCUT2D eigenvalue weighted by atomic mass is 16.1. The molecule has 2 aromatic heterocycles. The van der Waals surface area contributed by atoms with Crippen molar-refractivity contribution in [2.45, 2.75) is 13.3 Å². The third-order valence-corrected chi connectivity index (χ3v) is 3.78. The zero-order valence-electron chi connectivity index (χ0n) is 13.0. The molecule has 1 amide bonds. The molecular formula is C16H18N6O. The van der Waals surface area contributed by atoms with E-state index in [1.54, 1.807) is 4.68 Å². The molecule has 0 fully saturated rings. The summed E-state index contributed by atoms with van der Waals surface area (Å²) in [5.41, 5.74) is 13.7. The topological polar surface area (TPSA) is 104 Å². The minimum atomic E-state index is -0.479. The van der Waals surface area contributed by atoms with Gasteiger partial charge in [0, 0.05) is 18.8 Å². The van der Waals surface area contributed by atoms with E-state index in [9.17, 15) is 4.79 Å². The first kappa shape index (κ1) is 14.8. The molecule has 4 N–H and O–H groups in total. The Bertz CT molecular complexity index is 914. The van der Waals surface area contributed by atoms with Crippen LogP contribution in [0.1, 0.15) is 23.0 Å². The molecule has 118 valence electrons. The van der Waals surface area contributed by atoms with Gasteiger partial charge in [-0.15, -0.1) is 0 Å². The van der Waals surface area contributed by atoms with Gasteiger partial charge in [-0.25, -0.2) is 4.68 Å². The Morgan fingerprint density at radius 2 is 2.09 bits per heavy atom. The van der Waals surface area contributed by atoms with Crippen molar-refractivity contribution < 1.29 is 4.79 Å². The van der Waals surface area contributed by atoms with Gasteiger partial charge in [0.1, 0.15) is 0 Å². The van der Waals surface area contributed by atoms with Gasteiger partial charge in [0.15, 0.2) is 5.96 Å². The fraction of sp³-hybridized carbons (Fsp3) is 0.188. The number of aryl methyl sites for hydroxylation is 1. The predicted octanol–water partition coefficient (Wildman–Crippen LogP) is 1.34. The number of carbonyl (C=O) groups is 1. The first-order chi connectivity index (χ1) is 11.0. The molecule has 1 aromatic carbocycles. The Morgan fingerprint density at radius 1 is 1.30 bits per heavy atom. The van der Waals surface area contributed by atoms with Crippen LogP contribution in [0.4, 0.5) is 0 Å². The summed E-state index contributed by atoms with van der Waals surface area (Å²) in [6.07, 6.45) is 4.14. The molecule has 7 heteroatoms. The molecule has 7 nitrogen and oxygen atoms in total. The number of hydrogen-bond donors (Lipinski definition) is 2. The normalized spacial score (nSPS) is 10.9. The molecular weight excluding hydrogens is 292 g/mol. The van der Waals surface area contributed by atoms with Gasteiger partial charge in [-0.05, 0) is 30.0 Å². The van der Waals surface area contributed by atoms with Crippen molar-refractivity contribution >= 4 is 22.8 Å². The maximum absolute atomic E-state index is 12.1. The van der Waals surface area contributed by atoms with Crippen LogP contribution in [0.2, 0.25) is 0 Å². The summed E-state index contributed by atoms with van der Waals surface area (Å²) >= 11 is 0. The molecule has 3 rings (SSSR count). The van der Waals surface area contributed by atoms with E-state index in [2.05, 4.69) is 16.2 Å². The third-order valence-electron chi connectivity index (χ3n) is 3.78. The van der Waals surface area contributed by atoms with Gasteiger partial charge in [-0.3, -0.25) is 4.79 Å². The molecule has 0 aliphatic heterocycles. The van der Waals surface area contributed by atoms with E-state index in [0.29, 0.717) is 12.0 Å². The highest BCUT2D eigenvalue weighted by Gasteiger charge is 2.17. The van der Waals surface area contributed by atoms with Crippen molar-refractivity contribution in [2.75, 3.05) is 0 Å². The van der Waals surface area contributed by atoms with Crippen LogP contribution in [0.3, 0.4) is 0 Å². The fourth-order valence-corrected chi connectivity index (χ4v) is 2.68. The standard InChI is InChI=1S/C16H18N6O/c1-3-13-12(15(23)20-16(17)18)9-19-22(13)11-5-4-10-6-7-21(2)14(10)8-11/h4-9H,3H2,1-2H3,(H4,17,18,20,23). The lowest BCUT2D eigenvalue weighted by atomic mass is 10.2. The van der Waals surface area contributed by atoms with Crippen LogP contribution in [0, 0.1) is 0 Å². The molecule has 0 saturated heterocycles. The third kappa shape index (κ3) is 2.57. The lowest BCUT2D eigenvalue weighted by molar-refractivity contribution is 0.100. The van der Waals surface area contributed by atoms with Crippen molar-refractivity contribution in [1.82, 2.24) is 14.3 Å². The summed E-state index contributed by atoms with van der Waals surface area (Å²) in [5, 5.41) is 5.49. The maximum atomic E-state index is 12.1. The summed E-state index contributed by atoms with van der Waals surface area (Å²) in [6.45, 7) is 1.96. The van der Waals surface area contributed by atoms with Gasteiger partial charge in [0.2, 0.25) is 0 Å². The van der Waals surface area contributed by atoms with Crippen molar-refractivity contribution in [3.8, 4) is 5.69 Å². The van der Waals surface area contributed by atoms with Gasteiger partial charge in [-0.1, -0.05) is 13.0 Å². The van der Waals surface area contributed by atoms with Gasteiger partial charge >= 0.3 is 0 Å². The summed E-state index contributed by atoms with van der Waals surface area (Å²) in [6, 6.07) is 8.10. The minimum Gasteiger partial charge on any atom is -0.370 e. The molecule has 0 aliphatic carbocycles. The molecule has 0 aliphatic rings. The van der Waals surface area contributed by atoms with Gasteiger partial charge in [0.25, 0.3) is 5.91 Å². The zero-order valence-corrected chi connectivity index (χ0v) is 13.0. The molecule has 3 aromatic rings. The minimum absolute atomic E-state index is 0.255. The smallest absolute Gasteiger partial charge is 0.283 e. The van der Waals surface area contributed by atoms with Crippen molar-refractivity contribution in [3.63, 3.8) is 0 Å². The highest BCUT2D eigenvalue weighted by molar-refractivity contribution is 6.02. The average Bonchev–Trinajstić information content (AvgIpc) is 3.10. The molecule has 0 unspecified atom stereocenters. The average molecular weight is 310 g/mol. The van der Waals surface area contributed by atoms with Gasteiger partial charge < -0.3 is 16.0 Å². The van der Waals surface area contributed by atoms with Crippen LogP contribution in [-0.4, -0.2) is 26.2 Å². The summed E-state index contributed by atoms with van der Waals surface area (Å²) in [4.78, 5) is 15.7. The largest absolute Gasteiger partial charge is 0.370 e. The second-order valence-electron chi connectivity index (χ2n) is 5.28. The van der Waals surface area contributed by atoms with E-state index < -0.39 is 5.91 Å². The Morgan fingerprint density at radius 3 is 2.78 bits per heavy atom. The number of aromatic nitrogens is 3. The zero-order chi connectivity index (χ0) is 16.6. The molecule has 0 spiro atoms. The number of rotatable bonds is 3. The second-order valence-corrected chi connectivity index (χ2v) is 5.28. The van der Waals surface area contributed by atoms with E-state index >= 15 is 0 Å². The van der Waals surface area contributed by atoms with Crippen molar-refractivity contribution in [1.29, 1.82) is 0 Å². The van der Waals surface area contributed by atoms with Gasteiger partial charge in [0.05, 0.1) is 23.1 Å². The Labute approximate surface area is 133 Å². The quantitative estimate of drug-likeness (QED) is 0.562. The number of aliphatic imine (C=N–C) groups is 1. The van der Waals surface area contributed by atoms with Crippen LogP contribution in [-0.2, 0) is 13.5 Å². The molecule has 0 atom stereocenters. The van der Waals surface area contributed by atoms with Gasteiger partial charge in [-0.2, -0.15) is 10.1 Å². The van der Waals surface area contributed by atoms with E-state index in [-0.39, 0.29) is 5.96 Å². The number of fused-ring (bicyclic) bond motifs is 1. The number of nitrogens with two attached hydrogens (primary N) is 2. The number of amides is 1. The van der Waals surface area contributed by atoms with Crippen molar-refractivity contribution in [2.24, 2.45) is 23.5 Å². The fourth-order valence-electron chi connectivity index (χ4n) is 2.68. The van der Waals surface area contributed by atoms with Crippen LogP contribution in [0.15, 0.2) is 41.7 Å². The molecule has 2 heterocycles. The maximum Gasteiger partial charge on any atom is 0.283 e. The highest BCUT2D eigenvalue weighted by Crippen LogP contribution is 2.22. The summed E-state index contributed by atoms with van der Waals surface area (Å²) in [7, 11) is 1.99. The SMILES string of the molecule is CCc1c(C(=O)N=C(N)N)cnn1-c1ccc2ccn(C)c2c1. The van der Waals surface area contributed by atoms with Crippen molar-refractivity contribution in [3.05, 3.63) is 47.9 Å².